The minimum Gasteiger partial charge on any atom is -0.388 e. The van der Waals surface area contributed by atoms with Crippen molar-refractivity contribution in [2.24, 2.45) is 5.92 Å². The quantitative estimate of drug-likeness (QED) is 0.743. The first-order valence-corrected chi connectivity index (χ1v) is 4.97. The minimum atomic E-state index is -0.337. The van der Waals surface area contributed by atoms with Crippen LogP contribution in [0.25, 0.3) is 0 Å². The third-order valence-corrected chi connectivity index (χ3v) is 2.73. The van der Waals surface area contributed by atoms with Crippen LogP contribution in [-0.2, 0) is 0 Å². The molecule has 1 aromatic carbocycles. The molecule has 2 rings (SSSR count). The summed E-state index contributed by atoms with van der Waals surface area (Å²) in [6.07, 6.45) is 1.90. The Kier molecular flexibility index (Phi) is 2.38. The molecule has 0 radical (unpaired) electrons. The van der Waals surface area contributed by atoms with Gasteiger partial charge in [-0.2, -0.15) is 0 Å². The molecular weight excluding hydrogens is 176 g/mol. The highest BCUT2D eigenvalue weighted by Gasteiger charge is 2.30. The van der Waals surface area contributed by atoms with Crippen molar-refractivity contribution < 1.29 is 9.90 Å². The van der Waals surface area contributed by atoms with E-state index in [0.29, 0.717) is 11.5 Å². The summed E-state index contributed by atoms with van der Waals surface area (Å²) in [5, 5.41) is 9.80. The van der Waals surface area contributed by atoms with Crippen LogP contribution in [0.4, 0.5) is 0 Å². The second kappa shape index (κ2) is 3.54. The number of Topliss-reactive ketones (excluding diaryl/α,β-unsaturated/α-hetero) is 1. The van der Waals surface area contributed by atoms with Gasteiger partial charge >= 0.3 is 0 Å². The predicted molar refractivity (Wildman–Crippen MR) is 54.1 cm³/mol. The Balaban J connectivity index is 2.16. The molecule has 2 nitrogen and oxygen atoms in total. The highest BCUT2D eigenvalue weighted by molar-refractivity contribution is 5.94. The van der Waals surface area contributed by atoms with Gasteiger partial charge in [-0.1, -0.05) is 24.3 Å². The van der Waals surface area contributed by atoms with Gasteiger partial charge in [0.2, 0.25) is 0 Å². The maximum absolute atomic E-state index is 11.0. The average molecular weight is 190 g/mol. The number of carbonyl (C=O) groups is 1. The second-order valence-electron chi connectivity index (χ2n) is 3.96. The Hall–Kier alpha value is -1.15. The van der Waals surface area contributed by atoms with Crippen LogP contribution in [0.2, 0.25) is 0 Å². The molecule has 0 amide bonds. The molecule has 0 heterocycles. The maximum Gasteiger partial charge on any atom is 0.159 e. The van der Waals surface area contributed by atoms with Crippen molar-refractivity contribution in [3.63, 3.8) is 0 Å². The van der Waals surface area contributed by atoms with E-state index >= 15 is 0 Å². The molecule has 0 bridgehead atoms. The van der Waals surface area contributed by atoms with Crippen LogP contribution < -0.4 is 0 Å². The molecular formula is C12H14O2. The molecule has 0 saturated heterocycles. The lowest BCUT2D eigenvalue weighted by Crippen LogP contribution is -2.00. The molecule has 14 heavy (non-hydrogen) atoms. The summed E-state index contributed by atoms with van der Waals surface area (Å²) >= 11 is 0. The SMILES string of the molecule is CC(=O)c1ccc(C(O)C2CC2)cc1. The van der Waals surface area contributed by atoms with E-state index in [9.17, 15) is 9.90 Å². The number of hydrogen-bond acceptors (Lipinski definition) is 2. The van der Waals surface area contributed by atoms with Gasteiger partial charge in [0.1, 0.15) is 0 Å². The van der Waals surface area contributed by atoms with Gasteiger partial charge in [-0.3, -0.25) is 4.79 Å². The molecule has 1 unspecified atom stereocenters. The van der Waals surface area contributed by atoms with Gasteiger partial charge in [-0.05, 0) is 31.2 Å². The van der Waals surface area contributed by atoms with Gasteiger partial charge in [0.05, 0.1) is 6.10 Å². The van der Waals surface area contributed by atoms with Gasteiger partial charge < -0.3 is 5.11 Å². The van der Waals surface area contributed by atoms with Crippen molar-refractivity contribution in [2.45, 2.75) is 25.9 Å². The summed E-state index contributed by atoms with van der Waals surface area (Å²) in [6, 6.07) is 7.26. The fraction of sp³-hybridized carbons (Fsp3) is 0.417. The van der Waals surface area contributed by atoms with Crippen molar-refractivity contribution in [3.05, 3.63) is 35.4 Å². The molecule has 1 aromatic rings. The van der Waals surface area contributed by atoms with E-state index in [2.05, 4.69) is 0 Å². The number of rotatable bonds is 3. The summed E-state index contributed by atoms with van der Waals surface area (Å²) in [4.78, 5) is 11.0. The van der Waals surface area contributed by atoms with Crippen LogP contribution in [0, 0.1) is 5.92 Å². The molecule has 0 spiro atoms. The van der Waals surface area contributed by atoms with Gasteiger partial charge in [0.15, 0.2) is 5.78 Å². The Labute approximate surface area is 83.6 Å². The van der Waals surface area contributed by atoms with Crippen molar-refractivity contribution in [1.82, 2.24) is 0 Å². The lowest BCUT2D eigenvalue weighted by Gasteiger charge is -2.09. The summed E-state index contributed by atoms with van der Waals surface area (Å²) in [5.74, 6) is 0.510. The van der Waals surface area contributed by atoms with Gasteiger partial charge in [0.25, 0.3) is 0 Å². The Morgan fingerprint density at radius 2 is 1.93 bits per heavy atom. The molecule has 2 heteroatoms. The van der Waals surface area contributed by atoms with E-state index in [1.54, 1.807) is 19.1 Å². The monoisotopic (exact) mass is 190 g/mol. The Morgan fingerprint density at radius 3 is 2.36 bits per heavy atom. The van der Waals surface area contributed by atoms with E-state index in [1.165, 1.54) is 0 Å². The molecule has 74 valence electrons. The van der Waals surface area contributed by atoms with Crippen LogP contribution in [0.5, 0.6) is 0 Å². The third-order valence-electron chi connectivity index (χ3n) is 2.73. The fourth-order valence-electron chi connectivity index (χ4n) is 1.60. The molecule has 1 aliphatic carbocycles. The molecule has 1 fully saturated rings. The van der Waals surface area contributed by atoms with E-state index < -0.39 is 0 Å². The molecule has 1 aliphatic rings. The minimum absolute atomic E-state index is 0.0671. The highest BCUT2D eigenvalue weighted by atomic mass is 16.3. The zero-order chi connectivity index (χ0) is 10.1. The van der Waals surface area contributed by atoms with Gasteiger partial charge in [0, 0.05) is 5.56 Å². The molecule has 0 aliphatic heterocycles. The van der Waals surface area contributed by atoms with E-state index in [4.69, 9.17) is 0 Å². The summed E-state index contributed by atoms with van der Waals surface area (Å²) in [7, 11) is 0. The molecule has 0 aromatic heterocycles. The second-order valence-corrected chi connectivity index (χ2v) is 3.96. The van der Waals surface area contributed by atoms with Crippen molar-refractivity contribution >= 4 is 5.78 Å². The standard InChI is InChI=1S/C12H14O2/c1-8(13)9-2-4-10(5-3-9)12(14)11-6-7-11/h2-5,11-12,14H,6-7H2,1H3. The first-order valence-electron chi connectivity index (χ1n) is 4.97. The Morgan fingerprint density at radius 1 is 1.36 bits per heavy atom. The molecule has 1 saturated carbocycles. The number of ketones is 1. The third kappa shape index (κ3) is 1.85. The topological polar surface area (TPSA) is 37.3 Å². The lowest BCUT2D eigenvalue weighted by atomic mass is 10.0. The first-order chi connectivity index (χ1) is 6.68. The molecule has 1 N–H and O–H groups in total. The Bertz CT molecular complexity index is 336. The zero-order valence-electron chi connectivity index (χ0n) is 8.23. The summed E-state index contributed by atoms with van der Waals surface area (Å²) < 4.78 is 0. The number of aliphatic hydroxyl groups is 1. The van der Waals surface area contributed by atoms with Crippen LogP contribution in [0.3, 0.4) is 0 Å². The van der Waals surface area contributed by atoms with E-state index in [1.807, 2.05) is 12.1 Å². The first kappa shape index (κ1) is 9.41. The predicted octanol–water partition coefficient (Wildman–Crippen LogP) is 2.33. The maximum atomic E-state index is 11.0. The smallest absolute Gasteiger partial charge is 0.159 e. The van der Waals surface area contributed by atoms with E-state index in [-0.39, 0.29) is 11.9 Å². The van der Waals surface area contributed by atoms with Crippen molar-refractivity contribution in [1.29, 1.82) is 0 Å². The van der Waals surface area contributed by atoms with Crippen molar-refractivity contribution in [3.8, 4) is 0 Å². The van der Waals surface area contributed by atoms with Gasteiger partial charge in [-0.25, -0.2) is 0 Å². The van der Waals surface area contributed by atoms with Crippen LogP contribution in [0.15, 0.2) is 24.3 Å². The number of carbonyl (C=O) groups excluding carboxylic acids is 1. The lowest BCUT2D eigenvalue weighted by molar-refractivity contribution is 0.101. The van der Waals surface area contributed by atoms with Crippen LogP contribution in [0.1, 0.15) is 41.8 Å². The zero-order valence-corrected chi connectivity index (χ0v) is 8.23. The normalized spacial score (nSPS) is 17.9. The average Bonchev–Trinajstić information content (AvgIpc) is 3.00. The number of aliphatic hydroxyl groups excluding tert-OH is 1. The number of hydrogen-bond donors (Lipinski definition) is 1. The summed E-state index contributed by atoms with van der Waals surface area (Å²) in [5.41, 5.74) is 1.63. The van der Waals surface area contributed by atoms with Crippen LogP contribution >= 0.6 is 0 Å². The molecule has 1 atom stereocenters. The highest BCUT2D eigenvalue weighted by Crippen LogP contribution is 2.40. The fourth-order valence-corrected chi connectivity index (χ4v) is 1.60. The largest absolute Gasteiger partial charge is 0.388 e. The van der Waals surface area contributed by atoms with E-state index in [0.717, 1.165) is 18.4 Å². The van der Waals surface area contributed by atoms with Crippen LogP contribution in [-0.4, -0.2) is 10.9 Å². The van der Waals surface area contributed by atoms with Gasteiger partial charge in [-0.15, -0.1) is 0 Å². The van der Waals surface area contributed by atoms with Crippen molar-refractivity contribution in [2.75, 3.05) is 0 Å². The summed E-state index contributed by atoms with van der Waals surface area (Å²) in [6.45, 7) is 1.55. The number of benzene rings is 1.